The number of hydrogen-bond donors (Lipinski definition) is 0. The highest BCUT2D eigenvalue weighted by Crippen LogP contribution is 2.17. The molecule has 57 heavy (non-hydrogen) atoms. The van der Waals surface area contributed by atoms with Crippen LogP contribution in [-0.2, 0) is 28.6 Å². The molecule has 6 nitrogen and oxygen atoms in total. The van der Waals surface area contributed by atoms with Crippen LogP contribution in [0.3, 0.4) is 0 Å². The molecule has 0 aromatic heterocycles. The molecule has 0 rings (SSSR count). The van der Waals surface area contributed by atoms with Crippen LogP contribution in [0.2, 0.25) is 0 Å². The molecule has 0 unspecified atom stereocenters. The molecule has 0 aromatic rings. The predicted octanol–water partition coefficient (Wildman–Crippen LogP) is 16.1. The number of esters is 3. The number of carbonyl (C=O) groups is 3. The van der Waals surface area contributed by atoms with E-state index >= 15 is 0 Å². The quantitative estimate of drug-likeness (QED) is 0.0346. The van der Waals surface area contributed by atoms with Gasteiger partial charge >= 0.3 is 17.9 Å². The summed E-state index contributed by atoms with van der Waals surface area (Å²) in [5.41, 5.74) is 0. The Hall–Kier alpha value is -1.59. The van der Waals surface area contributed by atoms with Crippen LogP contribution in [0.5, 0.6) is 0 Å². The molecule has 1 atom stereocenters. The minimum Gasteiger partial charge on any atom is -0.462 e. The summed E-state index contributed by atoms with van der Waals surface area (Å²) in [5, 5.41) is 0. The third-order valence-corrected chi connectivity index (χ3v) is 11.5. The van der Waals surface area contributed by atoms with Gasteiger partial charge in [-0.15, -0.1) is 0 Å². The highest BCUT2D eigenvalue weighted by molar-refractivity contribution is 5.71. The Morgan fingerprint density at radius 1 is 0.333 bits per heavy atom. The van der Waals surface area contributed by atoms with Crippen LogP contribution >= 0.6 is 0 Å². The molecule has 338 valence electrons. The highest BCUT2D eigenvalue weighted by Gasteiger charge is 2.19. The molecule has 0 spiro atoms. The van der Waals surface area contributed by atoms with Gasteiger partial charge in [-0.3, -0.25) is 14.4 Å². The second kappa shape index (κ2) is 44.0. The third kappa shape index (κ3) is 45.3. The van der Waals surface area contributed by atoms with E-state index in [1.807, 2.05) is 0 Å². The van der Waals surface area contributed by atoms with Crippen molar-refractivity contribution >= 4 is 17.9 Å². The third-order valence-electron chi connectivity index (χ3n) is 11.5. The molecule has 6 heteroatoms. The van der Waals surface area contributed by atoms with E-state index in [0.29, 0.717) is 19.3 Å². The van der Waals surface area contributed by atoms with Gasteiger partial charge in [0, 0.05) is 19.3 Å². The van der Waals surface area contributed by atoms with Gasteiger partial charge in [0.2, 0.25) is 0 Å². The topological polar surface area (TPSA) is 78.9 Å². The van der Waals surface area contributed by atoms with Gasteiger partial charge < -0.3 is 14.2 Å². The number of unbranched alkanes of at least 4 members (excludes halogenated alkanes) is 30. The number of rotatable bonds is 45. The molecule has 0 saturated heterocycles. The molecular weight excluding hydrogens is 709 g/mol. The predicted molar refractivity (Wildman–Crippen MR) is 243 cm³/mol. The second-order valence-corrected chi connectivity index (χ2v) is 18.4. The van der Waals surface area contributed by atoms with E-state index in [1.165, 1.54) is 167 Å². The first-order valence-corrected chi connectivity index (χ1v) is 25.2. The van der Waals surface area contributed by atoms with Gasteiger partial charge in [0.05, 0.1) is 0 Å². The maximum atomic E-state index is 12.8. The first-order chi connectivity index (χ1) is 27.7. The van der Waals surface area contributed by atoms with Crippen molar-refractivity contribution in [1.82, 2.24) is 0 Å². The molecule has 0 fully saturated rings. The lowest BCUT2D eigenvalue weighted by Crippen LogP contribution is -2.30. The Balaban J connectivity index is 4.24. The minimum atomic E-state index is -0.761. The molecule has 0 amide bonds. The van der Waals surface area contributed by atoms with Gasteiger partial charge in [-0.05, 0) is 31.1 Å². The van der Waals surface area contributed by atoms with Crippen molar-refractivity contribution in [2.45, 2.75) is 285 Å². The van der Waals surface area contributed by atoms with Gasteiger partial charge in [-0.2, -0.15) is 0 Å². The average molecular weight is 807 g/mol. The van der Waals surface area contributed by atoms with E-state index in [1.54, 1.807) is 0 Å². The molecule has 0 bridgehead atoms. The summed E-state index contributed by atoms with van der Waals surface area (Å²) in [6, 6.07) is 0. The van der Waals surface area contributed by atoms with Crippen molar-refractivity contribution < 1.29 is 28.6 Å². The molecular formula is C51H98O6. The van der Waals surface area contributed by atoms with Crippen LogP contribution in [0.25, 0.3) is 0 Å². The van der Waals surface area contributed by atoms with Gasteiger partial charge in [-0.1, -0.05) is 240 Å². The summed E-state index contributed by atoms with van der Waals surface area (Å²) in [6.07, 6.45) is 43.9. The average Bonchev–Trinajstić information content (AvgIpc) is 3.18. The Bertz CT molecular complexity index is 870. The summed E-state index contributed by atoms with van der Waals surface area (Å²) in [5.74, 6) is 0.779. The summed E-state index contributed by atoms with van der Waals surface area (Å²) < 4.78 is 16.8. The fraction of sp³-hybridized carbons (Fsp3) is 0.941. The maximum absolute atomic E-state index is 12.8. The zero-order valence-corrected chi connectivity index (χ0v) is 39.0. The number of hydrogen-bond acceptors (Lipinski definition) is 6. The lowest BCUT2D eigenvalue weighted by Gasteiger charge is -2.18. The van der Waals surface area contributed by atoms with Gasteiger partial charge in [0.25, 0.3) is 0 Å². The van der Waals surface area contributed by atoms with Crippen LogP contribution in [0.4, 0.5) is 0 Å². The summed E-state index contributed by atoms with van der Waals surface area (Å²) in [6.45, 7) is 11.3. The Morgan fingerprint density at radius 2 is 0.579 bits per heavy atom. The smallest absolute Gasteiger partial charge is 0.306 e. The standard InChI is InChI=1S/C51H98O6/c1-6-7-8-9-10-11-21-26-31-36-41-49(52)55-44-48(45-56-50(53)42-37-32-28-23-25-30-35-40-47(4)5)57-51(54)43-38-33-27-22-19-17-15-13-12-14-16-18-20-24-29-34-39-46(2)3/h46-48H,6-45H2,1-5H3/t48-/m0/s1. The van der Waals surface area contributed by atoms with E-state index in [2.05, 4.69) is 34.6 Å². The Labute approximate surface area is 355 Å². The Morgan fingerprint density at radius 3 is 0.860 bits per heavy atom. The SMILES string of the molecule is CCCCCCCCCCCCC(=O)OC[C@@H](COC(=O)CCCCCCCCCC(C)C)OC(=O)CCCCCCCCCCCCCCCCCCC(C)C. The van der Waals surface area contributed by atoms with Crippen LogP contribution in [0, 0.1) is 11.8 Å². The van der Waals surface area contributed by atoms with E-state index in [9.17, 15) is 14.4 Å². The van der Waals surface area contributed by atoms with E-state index in [0.717, 1.165) is 69.6 Å². The van der Waals surface area contributed by atoms with Gasteiger partial charge in [0.15, 0.2) is 6.10 Å². The lowest BCUT2D eigenvalue weighted by molar-refractivity contribution is -0.167. The molecule has 0 aliphatic heterocycles. The molecule has 0 N–H and O–H groups in total. The van der Waals surface area contributed by atoms with Crippen molar-refractivity contribution in [1.29, 1.82) is 0 Å². The second-order valence-electron chi connectivity index (χ2n) is 18.4. The van der Waals surface area contributed by atoms with Crippen LogP contribution < -0.4 is 0 Å². The van der Waals surface area contributed by atoms with Crippen LogP contribution in [-0.4, -0.2) is 37.2 Å². The fourth-order valence-electron chi connectivity index (χ4n) is 7.64. The minimum absolute atomic E-state index is 0.0645. The number of carbonyl (C=O) groups excluding carboxylic acids is 3. The zero-order valence-electron chi connectivity index (χ0n) is 39.0. The monoisotopic (exact) mass is 807 g/mol. The summed E-state index contributed by atoms with van der Waals surface area (Å²) in [4.78, 5) is 37.8. The largest absolute Gasteiger partial charge is 0.462 e. The van der Waals surface area contributed by atoms with Crippen LogP contribution in [0.15, 0.2) is 0 Å². The van der Waals surface area contributed by atoms with Crippen molar-refractivity contribution in [2.24, 2.45) is 11.8 Å². The van der Waals surface area contributed by atoms with Crippen molar-refractivity contribution in [3.63, 3.8) is 0 Å². The molecule has 0 aliphatic carbocycles. The fourth-order valence-corrected chi connectivity index (χ4v) is 7.64. The van der Waals surface area contributed by atoms with Gasteiger partial charge in [-0.25, -0.2) is 0 Å². The molecule has 0 saturated carbocycles. The van der Waals surface area contributed by atoms with Gasteiger partial charge in [0.1, 0.15) is 13.2 Å². The summed E-state index contributed by atoms with van der Waals surface area (Å²) >= 11 is 0. The zero-order chi connectivity index (χ0) is 41.9. The van der Waals surface area contributed by atoms with Crippen molar-refractivity contribution in [3.8, 4) is 0 Å². The number of ether oxygens (including phenoxy) is 3. The lowest BCUT2D eigenvalue weighted by atomic mass is 10.0. The maximum Gasteiger partial charge on any atom is 0.306 e. The van der Waals surface area contributed by atoms with E-state index in [-0.39, 0.29) is 31.1 Å². The normalized spacial score (nSPS) is 12.1. The highest BCUT2D eigenvalue weighted by atomic mass is 16.6. The molecule has 0 aliphatic rings. The molecule has 0 heterocycles. The molecule has 0 radical (unpaired) electrons. The first-order valence-electron chi connectivity index (χ1n) is 25.2. The first kappa shape index (κ1) is 55.4. The van der Waals surface area contributed by atoms with E-state index in [4.69, 9.17) is 14.2 Å². The van der Waals surface area contributed by atoms with Crippen molar-refractivity contribution in [3.05, 3.63) is 0 Å². The summed E-state index contributed by atoms with van der Waals surface area (Å²) in [7, 11) is 0. The molecule has 0 aromatic carbocycles. The Kier molecular flexibility index (Phi) is 42.7. The van der Waals surface area contributed by atoms with Crippen LogP contribution in [0.1, 0.15) is 279 Å². The van der Waals surface area contributed by atoms with Crippen molar-refractivity contribution in [2.75, 3.05) is 13.2 Å². The van der Waals surface area contributed by atoms with E-state index < -0.39 is 6.10 Å².